The minimum atomic E-state index is -0.237. The number of oxazole rings is 1. The van der Waals surface area contributed by atoms with Gasteiger partial charge in [0.25, 0.3) is 5.91 Å². The lowest BCUT2D eigenvalue weighted by atomic mass is 10.3. The number of carbonyl (C=O) groups excluding carboxylic acids is 1. The van der Waals surface area contributed by atoms with Gasteiger partial charge in [-0.2, -0.15) is 0 Å². The largest absolute Gasteiger partial charge is 0.441 e. The van der Waals surface area contributed by atoms with E-state index in [9.17, 15) is 4.79 Å². The van der Waals surface area contributed by atoms with E-state index >= 15 is 0 Å². The lowest BCUT2D eigenvalue weighted by Crippen LogP contribution is -2.44. The topological polar surface area (TPSA) is 101 Å². The molecule has 2 N–H and O–H groups in total. The molecule has 4 rings (SSSR count). The Morgan fingerprint density at radius 2 is 2.07 bits per heavy atom. The molecule has 2 aromatic heterocycles. The molecule has 1 aliphatic heterocycles. The first-order valence-electron chi connectivity index (χ1n) is 9.24. The molecule has 1 saturated heterocycles. The van der Waals surface area contributed by atoms with Crippen LogP contribution in [0.5, 0.6) is 0 Å². The van der Waals surface area contributed by atoms with Gasteiger partial charge in [0.2, 0.25) is 0 Å². The molecule has 1 aliphatic rings. The first-order valence-corrected chi connectivity index (χ1v) is 9.24. The number of benzene rings is 1. The van der Waals surface area contributed by atoms with Crippen molar-refractivity contribution in [2.45, 2.75) is 13.0 Å². The Bertz CT molecular complexity index is 865. The van der Waals surface area contributed by atoms with Crippen molar-refractivity contribution in [2.24, 2.45) is 0 Å². The van der Waals surface area contributed by atoms with Crippen molar-refractivity contribution in [1.29, 1.82) is 0 Å². The van der Waals surface area contributed by atoms with E-state index in [1.807, 2.05) is 24.3 Å². The van der Waals surface area contributed by atoms with Gasteiger partial charge in [0.1, 0.15) is 5.52 Å². The fraction of sp³-hybridized carbons (Fsp3) is 0.444. The van der Waals surface area contributed by atoms with Gasteiger partial charge in [0, 0.05) is 45.7 Å². The van der Waals surface area contributed by atoms with Gasteiger partial charge in [-0.05, 0) is 12.1 Å². The minimum Gasteiger partial charge on any atom is -0.441 e. The van der Waals surface area contributed by atoms with E-state index in [1.165, 1.54) is 0 Å². The summed E-state index contributed by atoms with van der Waals surface area (Å²) in [6.07, 6.45) is 2.22. The number of hydrogen-bond donors (Lipinski definition) is 2. The van der Waals surface area contributed by atoms with Gasteiger partial charge in [-0.15, -0.1) is 5.10 Å². The average Bonchev–Trinajstić information content (AvgIpc) is 3.34. The summed E-state index contributed by atoms with van der Waals surface area (Å²) in [5.74, 6) is 0.371. The molecule has 3 heterocycles. The molecular formula is C18H23N7O2. The normalized spacial score (nSPS) is 15.3. The van der Waals surface area contributed by atoms with E-state index in [2.05, 4.69) is 30.8 Å². The summed E-state index contributed by atoms with van der Waals surface area (Å²) >= 11 is 0. The second kappa shape index (κ2) is 8.28. The summed E-state index contributed by atoms with van der Waals surface area (Å²) in [5.41, 5.74) is 1.91. The second-order valence-electron chi connectivity index (χ2n) is 6.54. The van der Waals surface area contributed by atoms with Gasteiger partial charge in [-0.25, -0.2) is 4.98 Å². The van der Waals surface area contributed by atoms with Crippen LogP contribution in [-0.4, -0.2) is 70.1 Å². The predicted molar refractivity (Wildman–Crippen MR) is 99.4 cm³/mol. The number of nitrogens with one attached hydrogen (secondary N) is 2. The highest BCUT2D eigenvalue weighted by atomic mass is 16.3. The van der Waals surface area contributed by atoms with Crippen molar-refractivity contribution < 1.29 is 9.21 Å². The number of carbonyl (C=O) groups is 1. The first kappa shape index (κ1) is 17.6. The maximum Gasteiger partial charge on any atom is 0.273 e. The van der Waals surface area contributed by atoms with Crippen LogP contribution in [0.3, 0.4) is 0 Å². The van der Waals surface area contributed by atoms with Crippen molar-refractivity contribution in [3.63, 3.8) is 0 Å². The molecule has 0 radical (unpaired) electrons. The molecule has 9 heteroatoms. The van der Waals surface area contributed by atoms with Gasteiger partial charge in [0.05, 0.1) is 12.7 Å². The van der Waals surface area contributed by atoms with Crippen molar-refractivity contribution in [3.8, 4) is 0 Å². The van der Waals surface area contributed by atoms with Crippen LogP contribution in [0.2, 0.25) is 0 Å². The van der Waals surface area contributed by atoms with Crippen LogP contribution in [0, 0.1) is 0 Å². The maximum atomic E-state index is 12.2. The Morgan fingerprint density at radius 3 is 2.93 bits per heavy atom. The number of amides is 1. The lowest BCUT2D eigenvalue weighted by molar-refractivity contribution is 0.0948. The molecule has 0 unspecified atom stereocenters. The van der Waals surface area contributed by atoms with E-state index in [1.54, 1.807) is 10.9 Å². The summed E-state index contributed by atoms with van der Waals surface area (Å²) < 4.78 is 7.37. The predicted octanol–water partition coefficient (Wildman–Crippen LogP) is 0.297. The first-order chi connectivity index (χ1) is 13.3. The summed E-state index contributed by atoms with van der Waals surface area (Å²) in [4.78, 5) is 19.0. The van der Waals surface area contributed by atoms with Gasteiger partial charge >= 0.3 is 0 Å². The number of piperazine rings is 1. The standard InChI is InChI=1S/C18H23N7O2/c26-18(20-6-5-17-21-14-3-1-2-4-16(14)27-17)15-13-25(23-22-15)12-11-24-9-7-19-8-10-24/h1-4,13,19H,5-12H2,(H,20,26). The van der Waals surface area contributed by atoms with Crippen molar-refractivity contribution >= 4 is 17.0 Å². The Balaban J connectivity index is 1.24. The molecule has 1 aromatic carbocycles. The minimum absolute atomic E-state index is 0.237. The van der Waals surface area contributed by atoms with E-state index < -0.39 is 0 Å². The molecule has 0 spiro atoms. The van der Waals surface area contributed by atoms with Gasteiger partial charge < -0.3 is 15.1 Å². The third-order valence-corrected chi connectivity index (χ3v) is 4.59. The van der Waals surface area contributed by atoms with Crippen LogP contribution in [0.15, 0.2) is 34.9 Å². The number of hydrogen-bond acceptors (Lipinski definition) is 7. The molecule has 3 aromatic rings. The van der Waals surface area contributed by atoms with Crippen LogP contribution in [0.4, 0.5) is 0 Å². The van der Waals surface area contributed by atoms with Crippen LogP contribution < -0.4 is 10.6 Å². The SMILES string of the molecule is O=C(NCCc1nc2ccccc2o1)c1cn(CCN2CCNCC2)nn1. The smallest absolute Gasteiger partial charge is 0.273 e. The number of fused-ring (bicyclic) bond motifs is 1. The Morgan fingerprint density at radius 1 is 1.22 bits per heavy atom. The van der Waals surface area contributed by atoms with Crippen LogP contribution >= 0.6 is 0 Å². The molecule has 0 atom stereocenters. The summed E-state index contributed by atoms with van der Waals surface area (Å²) in [6.45, 7) is 6.18. The van der Waals surface area contributed by atoms with Gasteiger partial charge in [0.15, 0.2) is 17.2 Å². The highest BCUT2D eigenvalue weighted by Crippen LogP contribution is 2.14. The molecular weight excluding hydrogens is 346 g/mol. The van der Waals surface area contributed by atoms with E-state index in [4.69, 9.17) is 4.42 Å². The fourth-order valence-corrected chi connectivity index (χ4v) is 3.09. The van der Waals surface area contributed by atoms with Gasteiger partial charge in [-0.3, -0.25) is 14.4 Å². The zero-order chi connectivity index (χ0) is 18.5. The quantitative estimate of drug-likeness (QED) is 0.617. The Hall–Kier alpha value is -2.78. The fourth-order valence-electron chi connectivity index (χ4n) is 3.09. The molecule has 1 fully saturated rings. The third-order valence-electron chi connectivity index (χ3n) is 4.59. The number of para-hydroxylation sites is 2. The van der Waals surface area contributed by atoms with Crippen molar-refractivity contribution in [1.82, 2.24) is 35.5 Å². The van der Waals surface area contributed by atoms with Crippen LogP contribution in [-0.2, 0) is 13.0 Å². The summed E-state index contributed by atoms with van der Waals surface area (Å²) in [6, 6.07) is 7.61. The monoisotopic (exact) mass is 369 g/mol. The van der Waals surface area contributed by atoms with E-state index in [0.717, 1.165) is 50.4 Å². The van der Waals surface area contributed by atoms with Crippen LogP contribution in [0.1, 0.15) is 16.4 Å². The van der Waals surface area contributed by atoms with E-state index in [-0.39, 0.29) is 5.91 Å². The molecule has 0 saturated carbocycles. The maximum absolute atomic E-state index is 12.2. The zero-order valence-corrected chi connectivity index (χ0v) is 15.1. The molecule has 1 amide bonds. The molecule has 0 bridgehead atoms. The van der Waals surface area contributed by atoms with Crippen LogP contribution in [0.25, 0.3) is 11.1 Å². The molecule has 142 valence electrons. The summed E-state index contributed by atoms with van der Waals surface area (Å²) in [7, 11) is 0. The second-order valence-corrected chi connectivity index (χ2v) is 6.54. The average molecular weight is 369 g/mol. The Kier molecular flexibility index (Phi) is 5.40. The molecule has 9 nitrogen and oxygen atoms in total. The molecule has 0 aliphatic carbocycles. The zero-order valence-electron chi connectivity index (χ0n) is 15.1. The molecule has 27 heavy (non-hydrogen) atoms. The third kappa shape index (κ3) is 4.50. The Labute approximate surface area is 156 Å². The number of nitrogens with zero attached hydrogens (tertiary/aromatic N) is 5. The highest BCUT2D eigenvalue weighted by molar-refractivity contribution is 5.91. The number of aromatic nitrogens is 4. The van der Waals surface area contributed by atoms with Gasteiger partial charge in [-0.1, -0.05) is 17.3 Å². The van der Waals surface area contributed by atoms with Crippen molar-refractivity contribution in [3.05, 3.63) is 42.0 Å². The highest BCUT2D eigenvalue weighted by Gasteiger charge is 2.13. The van der Waals surface area contributed by atoms with Crippen molar-refractivity contribution in [2.75, 3.05) is 39.3 Å². The summed E-state index contributed by atoms with van der Waals surface area (Å²) in [5, 5.41) is 14.2. The lowest BCUT2D eigenvalue weighted by Gasteiger charge is -2.26. The van der Waals surface area contributed by atoms with E-state index in [0.29, 0.717) is 24.6 Å². The number of rotatable bonds is 7.